The number of carbonyl (C=O) groups is 1. The Labute approximate surface area is 190 Å². The van der Waals surface area contributed by atoms with Crippen molar-refractivity contribution in [3.05, 3.63) is 65.0 Å². The standard InChI is InChI=1S/C24H28N2O5S/c1-16-5-7-18(8-6-16)11-12-25-23(27)15-32(28)14-20-17(2)31-24(26-20)19-9-10-21(29-3)22(13-19)30-4/h5-10,13H,11-12,14-15H2,1-4H3,(H,25,27)/t32-/m0/s1. The fourth-order valence-electron chi connectivity index (χ4n) is 3.16. The molecule has 2 aromatic carbocycles. The van der Waals surface area contributed by atoms with E-state index in [9.17, 15) is 9.00 Å². The number of aryl methyl sites for hydroxylation is 2. The molecule has 1 atom stereocenters. The van der Waals surface area contributed by atoms with Crippen molar-refractivity contribution in [1.29, 1.82) is 0 Å². The monoisotopic (exact) mass is 456 g/mol. The van der Waals surface area contributed by atoms with Crippen molar-refractivity contribution >= 4 is 16.7 Å². The normalized spacial score (nSPS) is 11.8. The largest absolute Gasteiger partial charge is 0.493 e. The molecule has 7 nitrogen and oxygen atoms in total. The summed E-state index contributed by atoms with van der Waals surface area (Å²) in [6.45, 7) is 4.31. The van der Waals surface area contributed by atoms with Gasteiger partial charge in [-0.05, 0) is 44.0 Å². The summed E-state index contributed by atoms with van der Waals surface area (Å²) in [6, 6.07) is 13.5. The van der Waals surface area contributed by atoms with Crippen LogP contribution in [0.1, 0.15) is 22.6 Å². The number of aromatic nitrogens is 1. The molecule has 0 bridgehead atoms. The lowest BCUT2D eigenvalue weighted by molar-refractivity contribution is -0.118. The van der Waals surface area contributed by atoms with Gasteiger partial charge in [-0.15, -0.1) is 0 Å². The number of nitrogens with one attached hydrogen (secondary N) is 1. The van der Waals surface area contributed by atoms with Gasteiger partial charge in [0.15, 0.2) is 11.5 Å². The van der Waals surface area contributed by atoms with E-state index in [-0.39, 0.29) is 17.4 Å². The third-order valence-corrected chi connectivity index (χ3v) is 6.15. The van der Waals surface area contributed by atoms with Gasteiger partial charge in [0.05, 0.1) is 25.7 Å². The first kappa shape index (κ1) is 23.5. The molecular weight excluding hydrogens is 428 g/mol. The Hall–Kier alpha value is -3.13. The van der Waals surface area contributed by atoms with Crippen molar-refractivity contribution < 1.29 is 22.9 Å². The van der Waals surface area contributed by atoms with E-state index in [2.05, 4.69) is 10.3 Å². The first-order valence-electron chi connectivity index (χ1n) is 10.3. The van der Waals surface area contributed by atoms with Crippen molar-refractivity contribution in [3.8, 4) is 23.0 Å². The first-order valence-corrected chi connectivity index (χ1v) is 11.7. The number of benzene rings is 2. The zero-order valence-corrected chi connectivity index (χ0v) is 19.6. The number of ether oxygens (including phenoxy) is 2. The minimum Gasteiger partial charge on any atom is -0.493 e. The van der Waals surface area contributed by atoms with Crippen LogP contribution in [0.4, 0.5) is 0 Å². The van der Waals surface area contributed by atoms with Crippen LogP contribution in [0.2, 0.25) is 0 Å². The predicted molar refractivity (Wildman–Crippen MR) is 124 cm³/mol. The van der Waals surface area contributed by atoms with E-state index in [0.717, 1.165) is 17.5 Å². The maximum atomic E-state index is 12.5. The Kier molecular flexibility index (Phi) is 8.05. The second kappa shape index (κ2) is 10.9. The van der Waals surface area contributed by atoms with Gasteiger partial charge in [0, 0.05) is 22.9 Å². The third kappa shape index (κ3) is 6.20. The highest BCUT2D eigenvalue weighted by Gasteiger charge is 2.17. The first-order chi connectivity index (χ1) is 15.4. The van der Waals surface area contributed by atoms with E-state index < -0.39 is 10.8 Å². The van der Waals surface area contributed by atoms with Crippen LogP contribution in [0.5, 0.6) is 11.5 Å². The maximum absolute atomic E-state index is 12.5. The second-order valence-electron chi connectivity index (χ2n) is 7.41. The molecule has 0 unspecified atom stereocenters. The molecule has 1 aromatic heterocycles. The fourth-order valence-corrected chi connectivity index (χ4v) is 4.23. The molecule has 170 valence electrons. The molecule has 1 N–H and O–H groups in total. The van der Waals surface area contributed by atoms with Crippen LogP contribution >= 0.6 is 0 Å². The van der Waals surface area contributed by atoms with E-state index in [1.807, 2.05) is 37.3 Å². The number of carbonyl (C=O) groups excluding carboxylic acids is 1. The number of amides is 1. The summed E-state index contributed by atoms with van der Waals surface area (Å²) in [6.07, 6.45) is 0.732. The summed E-state index contributed by atoms with van der Waals surface area (Å²) in [4.78, 5) is 16.6. The quantitative estimate of drug-likeness (QED) is 0.501. The molecule has 1 amide bonds. The van der Waals surface area contributed by atoms with E-state index in [4.69, 9.17) is 13.9 Å². The molecule has 0 fully saturated rings. The van der Waals surface area contributed by atoms with Crippen molar-refractivity contribution in [2.45, 2.75) is 26.0 Å². The molecule has 0 spiro atoms. The molecule has 32 heavy (non-hydrogen) atoms. The Morgan fingerprint density at radius 3 is 2.47 bits per heavy atom. The van der Waals surface area contributed by atoms with Crippen molar-refractivity contribution in [2.24, 2.45) is 0 Å². The van der Waals surface area contributed by atoms with Gasteiger partial charge in [-0.2, -0.15) is 0 Å². The Morgan fingerprint density at radius 2 is 1.78 bits per heavy atom. The van der Waals surface area contributed by atoms with Crippen LogP contribution in [0.25, 0.3) is 11.5 Å². The highest BCUT2D eigenvalue weighted by molar-refractivity contribution is 7.84. The lowest BCUT2D eigenvalue weighted by atomic mass is 10.1. The van der Waals surface area contributed by atoms with Gasteiger partial charge in [-0.25, -0.2) is 4.98 Å². The smallest absolute Gasteiger partial charge is 0.232 e. The van der Waals surface area contributed by atoms with Crippen LogP contribution < -0.4 is 14.8 Å². The number of hydrogen-bond donors (Lipinski definition) is 1. The summed E-state index contributed by atoms with van der Waals surface area (Å²) in [7, 11) is 1.73. The SMILES string of the molecule is COc1ccc(-c2nc(C[S@](=O)CC(=O)NCCc3ccc(C)cc3)c(C)o2)cc1OC. The third-order valence-electron chi connectivity index (χ3n) is 4.97. The van der Waals surface area contributed by atoms with Crippen molar-refractivity contribution in [1.82, 2.24) is 10.3 Å². The molecular formula is C24H28N2O5S. The summed E-state index contributed by atoms with van der Waals surface area (Å²) >= 11 is 0. The Balaban J connectivity index is 1.54. The zero-order valence-electron chi connectivity index (χ0n) is 18.8. The Bertz CT molecular complexity index is 1090. The van der Waals surface area contributed by atoms with E-state index in [0.29, 0.717) is 35.4 Å². The van der Waals surface area contributed by atoms with Gasteiger partial charge < -0.3 is 19.2 Å². The van der Waals surface area contributed by atoms with Gasteiger partial charge >= 0.3 is 0 Å². The van der Waals surface area contributed by atoms with Crippen LogP contribution in [0, 0.1) is 13.8 Å². The second-order valence-corrected chi connectivity index (χ2v) is 8.86. The molecule has 0 aliphatic rings. The fraction of sp³-hybridized carbons (Fsp3) is 0.333. The van der Waals surface area contributed by atoms with Gasteiger partial charge in [-0.3, -0.25) is 9.00 Å². The number of oxazole rings is 1. The number of hydrogen-bond acceptors (Lipinski definition) is 6. The van der Waals surface area contributed by atoms with Crippen LogP contribution in [-0.2, 0) is 27.8 Å². The predicted octanol–water partition coefficient (Wildman–Crippen LogP) is 3.58. The molecule has 0 aliphatic carbocycles. The average molecular weight is 457 g/mol. The molecule has 0 saturated carbocycles. The van der Waals surface area contributed by atoms with E-state index >= 15 is 0 Å². The zero-order chi connectivity index (χ0) is 23.1. The van der Waals surface area contributed by atoms with Crippen LogP contribution in [0.3, 0.4) is 0 Å². The minimum absolute atomic E-state index is 0.0775. The number of nitrogens with zero attached hydrogens (tertiary/aromatic N) is 1. The molecule has 3 aromatic rings. The van der Waals surface area contributed by atoms with Gasteiger partial charge in [-0.1, -0.05) is 29.8 Å². The molecule has 3 rings (SSSR count). The molecule has 1 heterocycles. The highest BCUT2D eigenvalue weighted by atomic mass is 32.2. The van der Waals surface area contributed by atoms with Gasteiger partial charge in [0.1, 0.15) is 11.5 Å². The van der Waals surface area contributed by atoms with Crippen molar-refractivity contribution in [3.63, 3.8) is 0 Å². The maximum Gasteiger partial charge on any atom is 0.232 e. The van der Waals surface area contributed by atoms with Gasteiger partial charge in [0.25, 0.3) is 0 Å². The highest BCUT2D eigenvalue weighted by Crippen LogP contribution is 2.32. The Morgan fingerprint density at radius 1 is 1.06 bits per heavy atom. The molecule has 8 heteroatoms. The van der Waals surface area contributed by atoms with Crippen molar-refractivity contribution in [2.75, 3.05) is 26.5 Å². The van der Waals surface area contributed by atoms with Gasteiger partial charge in [0.2, 0.25) is 11.8 Å². The summed E-state index contributed by atoms with van der Waals surface area (Å²) in [5.74, 6) is 1.97. The number of methoxy groups -OCH3 is 2. The summed E-state index contributed by atoms with van der Waals surface area (Å²) < 4.78 is 28.8. The molecule has 0 aliphatic heterocycles. The van der Waals surface area contributed by atoms with Crippen LogP contribution in [-0.4, -0.2) is 41.6 Å². The van der Waals surface area contributed by atoms with E-state index in [1.165, 1.54) is 5.56 Å². The summed E-state index contributed by atoms with van der Waals surface area (Å²) in [5, 5.41) is 2.83. The molecule has 0 saturated heterocycles. The number of rotatable bonds is 10. The topological polar surface area (TPSA) is 90.7 Å². The lowest BCUT2D eigenvalue weighted by Gasteiger charge is -2.07. The van der Waals surface area contributed by atoms with Crippen LogP contribution in [0.15, 0.2) is 46.9 Å². The minimum atomic E-state index is -1.40. The lowest BCUT2D eigenvalue weighted by Crippen LogP contribution is -2.30. The van der Waals surface area contributed by atoms with E-state index in [1.54, 1.807) is 33.3 Å². The summed E-state index contributed by atoms with van der Waals surface area (Å²) in [5.41, 5.74) is 3.64. The average Bonchev–Trinajstić information content (AvgIpc) is 3.14. The molecule has 0 radical (unpaired) electrons.